The summed E-state index contributed by atoms with van der Waals surface area (Å²) in [7, 11) is 0. The number of urea groups is 1. The van der Waals surface area contributed by atoms with Crippen molar-refractivity contribution in [1.29, 1.82) is 0 Å². The molecule has 22 heavy (non-hydrogen) atoms. The van der Waals surface area contributed by atoms with Crippen molar-refractivity contribution >= 4 is 49.2 Å². The molecule has 0 radical (unpaired) electrons. The van der Waals surface area contributed by atoms with Gasteiger partial charge in [-0.05, 0) is 40.2 Å². The molecule has 1 atom stereocenters. The molecule has 0 aliphatic carbocycles. The molecular formula is C15H14Br2N2O2S. The number of carbonyl (C=O) groups excluding carboxylic acids is 1. The second-order valence-electron chi connectivity index (χ2n) is 4.93. The van der Waals surface area contributed by atoms with E-state index in [0.717, 1.165) is 31.6 Å². The van der Waals surface area contributed by atoms with E-state index in [9.17, 15) is 4.79 Å². The Balaban J connectivity index is 1.61. The van der Waals surface area contributed by atoms with Gasteiger partial charge >= 0.3 is 6.03 Å². The van der Waals surface area contributed by atoms with E-state index in [-0.39, 0.29) is 12.1 Å². The molecule has 0 saturated carbocycles. The van der Waals surface area contributed by atoms with Crippen molar-refractivity contribution in [1.82, 2.24) is 10.6 Å². The molecule has 1 aromatic carbocycles. The molecule has 2 amide bonds. The van der Waals surface area contributed by atoms with Crippen LogP contribution in [-0.4, -0.2) is 12.6 Å². The predicted molar refractivity (Wildman–Crippen MR) is 94.4 cm³/mol. The number of benzene rings is 1. The minimum Gasteiger partial charge on any atom is -0.493 e. The number of hydrogen-bond donors (Lipinski definition) is 2. The lowest BCUT2D eigenvalue weighted by molar-refractivity contribution is 0.223. The summed E-state index contributed by atoms with van der Waals surface area (Å²) >= 11 is 8.48. The van der Waals surface area contributed by atoms with E-state index in [4.69, 9.17) is 4.74 Å². The van der Waals surface area contributed by atoms with Crippen molar-refractivity contribution in [3.8, 4) is 5.75 Å². The van der Waals surface area contributed by atoms with E-state index >= 15 is 0 Å². The fraction of sp³-hybridized carbons (Fsp3) is 0.267. The topological polar surface area (TPSA) is 50.4 Å². The van der Waals surface area contributed by atoms with Crippen LogP contribution in [0, 0.1) is 0 Å². The smallest absolute Gasteiger partial charge is 0.315 e. The van der Waals surface area contributed by atoms with Crippen molar-refractivity contribution in [3.05, 3.63) is 49.0 Å². The third-order valence-corrected chi connectivity index (χ3v) is 5.55. The molecule has 7 heteroatoms. The van der Waals surface area contributed by atoms with Gasteiger partial charge in [0.1, 0.15) is 5.75 Å². The number of halogens is 2. The minimum absolute atomic E-state index is 0.0312. The largest absolute Gasteiger partial charge is 0.493 e. The highest BCUT2D eigenvalue weighted by atomic mass is 79.9. The quantitative estimate of drug-likeness (QED) is 0.725. The summed E-state index contributed by atoms with van der Waals surface area (Å²) in [5, 5.41) is 7.91. The molecular weight excluding hydrogens is 432 g/mol. The first kappa shape index (κ1) is 15.8. The van der Waals surface area contributed by atoms with Crippen molar-refractivity contribution in [3.63, 3.8) is 0 Å². The Morgan fingerprint density at radius 3 is 2.95 bits per heavy atom. The maximum atomic E-state index is 12.1. The lowest BCUT2D eigenvalue weighted by Crippen LogP contribution is -2.39. The van der Waals surface area contributed by atoms with E-state index in [0.29, 0.717) is 13.2 Å². The first-order chi connectivity index (χ1) is 10.6. The van der Waals surface area contributed by atoms with Gasteiger partial charge in [0.25, 0.3) is 0 Å². The van der Waals surface area contributed by atoms with Crippen LogP contribution in [0.3, 0.4) is 0 Å². The van der Waals surface area contributed by atoms with Crippen LogP contribution in [0.15, 0.2) is 38.6 Å². The van der Waals surface area contributed by atoms with Crippen molar-refractivity contribution in [2.24, 2.45) is 0 Å². The monoisotopic (exact) mass is 444 g/mol. The average Bonchev–Trinajstić information content (AvgIpc) is 2.91. The first-order valence-electron chi connectivity index (χ1n) is 6.81. The highest BCUT2D eigenvalue weighted by Crippen LogP contribution is 2.34. The zero-order chi connectivity index (χ0) is 15.5. The number of nitrogens with one attached hydrogen (secondary N) is 2. The molecule has 4 nitrogen and oxygen atoms in total. The molecule has 3 rings (SSSR count). The van der Waals surface area contributed by atoms with Crippen LogP contribution < -0.4 is 15.4 Å². The summed E-state index contributed by atoms with van der Waals surface area (Å²) in [6, 6.07) is 7.67. The van der Waals surface area contributed by atoms with Gasteiger partial charge in [0.2, 0.25) is 0 Å². The van der Waals surface area contributed by atoms with Crippen LogP contribution in [0.2, 0.25) is 0 Å². The highest BCUT2D eigenvalue weighted by Gasteiger charge is 2.23. The van der Waals surface area contributed by atoms with Gasteiger partial charge in [-0.15, -0.1) is 11.3 Å². The fourth-order valence-corrected chi connectivity index (χ4v) is 4.11. The van der Waals surface area contributed by atoms with Crippen LogP contribution in [0.4, 0.5) is 4.79 Å². The van der Waals surface area contributed by atoms with Crippen molar-refractivity contribution in [2.45, 2.75) is 19.0 Å². The number of carbonyl (C=O) groups is 1. The zero-order valence-corrected chi connectivity index (χ0v) is 15.6. The lowest BCUT2D eigenvalue weighted by Gasteiger charge is -2.27. The maximum absolute atomic E-state index is 12.1. The zero-order valence-electron chi connectivity index (χ0n) is 11.6. The van der Waals surface area contributed by atoms with Gasteiger partial charge < -0.3 is 15.4 Å². The number of hydrogen-bond acceptors (Lipinski definition) is 3. The van der Waals surface area contributed by atoms with Gasteiger partial charge in [0.15, 0.2) is 0 Å². The standard InChI is InChI=1S/C15H14Br2N2O2S/c16-9-1-2-14-12(6-9)13(3-4-21-14)19-15(20)18-7-11-5-10(17)8-22-11/h1-2,5-6,8,13H,3-4,7H2,(H2,18,19,20). The summed E-state index contributed by atoms with van der Waals surface area (Å²) in [6.45, 7) is 1.13. The molecule has 0 spiro atoms. The molecule has 0 saturated heterocycles. The van der Waals surface area contributed by atoms with E-state index in [1.54, 1.807) is 11.3 Å². The Morgan fingerprint density at radius 2 is 2.18 bits per heavy atom. The second kappa shape index (κ2) is 7.02. The Hall–Kier alpha value is -1.05. The van der Waals surface area contributed by atoms with Gasteiger partial charge in [-0.3, -0.25) is 0 Å². The molecule has 0 fully saturated rings. The Morgan fingerprint density at radius 1 is 1.32 bits per heavy atom. The van der Waals surface area contributed by atoms with Crippen molar-refractivity contribution in [2.75, 3.05) is 6.61 Å². The fourth-order valence-electron chi connectivity index (χ4n) is 2.34. The van der Waals surface area contributed by atoms with Gasteiger partial charge in [0, 0.05) is 31.2 Å². The van der Waals surface area contributed by atoms with E-state index in [1.165, 1.54) is 0 Å². The van der Waals surface area contributed by atoms with Crippen molar-refractivity contribution < 1.29 is 9.53 Å². The lowest BCUT2D eigenvalue weighted by atomic mass is 10.0. The molecule has 2 N–H and O–H groups in total. The number of amides is 2. The molecule has 1 aromatic heterocycles. The summed E-state index contributed by atoms with van der Waals surface area (Å²) in [6.07, 6.45) is 0.765. The van der Waals surface area contributed by atoms with Crippen LogP contribution in [0.5, 0.6) is 5.75 Å². The van der Waals surface area contributed by atoms with Crippen LogP contribution >= 0.6 is 43.2 Å². The average molecular weight is 446 g/mol. The molecule has 1 aliphatic rings. The molecule has 116 valence electrons. The Kier molecular flexibility index (Phi) is 5.05. The molecule has 2 aromatic rings. The second-order valence-corrected chi connectivity index (χ2v) is 7.76. The van der Waals surface area contributed by atoms with Crippen LogP contribution in [0.1, 0.15) is 22.9 Å². The summed E-state index contributed by atoms with van der Waals surface area (Å²) in [5.41, 5.74) is 1.01. The van der Waals surface area contributed by atoms with Gasteiger partial charge in [-0.25, -0.2) is 4.79 Å². The number of ether oxygens (including phenoxy) is 1. The number of thiophene rings is 1. The van der Waals surface area contributed by atoms with E-state index in [2.05, 4.69) is 42.5 Å². The van der Waals surface area contributed by atoms with E-state index < -0.39 is 0 Å². The maximum Gasteiger partial charge on any atom is 0.315 e. The highest BCUT2D eigenvalue weighted by molar-refractivity contribution is 9.10. The molecule has 1 aliphatic heterocycles. The van der Waals surface area contributed by atoms with Crippen LogP contribution in [-0.2, 0) is 6.54 Å². The van der Waals surface area contributed by atoms with Gasteiger partial charge in [0.05, 0.1) is 19.2 Å². The van der Waals surface area contributed by atoms with Gasteiger partial charge in [-0.2, -0.15) is 0 Å². The summed E-state index contributed by atoms with van der Waals surface area (Å²) < 4.78 is 7.65. The minimum atomic E-state index is -0.164. The normalized spacial score (nSPS) is 16.5. The Labute approximate surface area is 149 Å². The van der Waals surface area contributed by atoms with E-state index in [1.807, 2.05) is 29.6 Å². The van der Waals surface area contributed by atoms with Gasteiger partial charge in [-0.1, -0.05) is 15.9 Å². The third kappa shape index (κ3) is 3.83. The Bertz CT molecular complexity index is 690. The number of fused-ring (bicyclic) bond motifs is 1. The number of rotatable bonds is 3. The molecule has 1 unspecified atom stereocenters. The molecule has 2 heterocycles. The first-order valence-corrected chi connectivity index (χ1v) is 9.28. The third-order valence-electron chi connectivity index (χ3n) is 3.36. The summed E-state index contributed by atoms with van der Waals surface area (Å²) in [5.74, 6) is 0.835. The summed E-state index contributed by atoms with van der Waals surface area (Å²) in [4.78, 5) is 13.2. The predicted octanol–water partition coefficient (Wildman–Crippen LogP) is 4.60. The molecule has 0 bridgehead atoms. The SMILES string of the molecule is O=C(NCc1cc(Br)cs1)NC1CCOc2ccc(Br)cc21. The van der Waals surface area contributed by atoms with Crippen LogP contribution in [0.25, 0.3) is 0 Å².